The van der Waals surface area contributed by atoms with E-state index in [-0.39, 0.29) is 22.8 Å². The van der Waals surface area contributed by atoms with Gasteiger partial charge in [0.15, 0.2) is 0 Å². The number of hydrogen-bond donors (Lipinski definition) is 2. The van der Waals surface area contributed by atoms with E-state index in [9.17, 15) is 19.8 Å². The van der Waals surface area contributed by atoms with Crippen molar-refractivity contribution in [3.05, 3.63) is 88.8 Å². The molecule has 2 heterocycles. The smallest absolute Gasteiger partial charge is 0.300 e. The first-order chi connectivity index (χ1) is 15.3. The van der Waals surface area contributed by atoms with E-state index in [4.69, 9.17) is 4.74 Å². The van der Waals surface area contributed by atoms with Crippen LogP contribution in [0.2, 0.25) is 0 Å². The van der Waals surface area contributed by atoms with Crippen LogP contribution in [-0.2, 0) is 9.59 Å². The molecule has 7 nitrogen and oxygen atoms in total. The molecule has 1 unspecified atom stereocenters. The number of aromatic nitrogens is 1. The van der Waals surface area contributed by atoms with Gasteiger partial charge in [0.05, 0.1) is 24.4 Å². The average molecular weight is 430 g/mol. The van der Waals surface area contributed by atoms with E-state index in [0.717, 1.165) is 11.1 Å². The number of hydrogen-bond acceptors (Lipinski definition) is 6. The second kappa shape index (κ2) is 8.19. The zero-order valence-electron chi connectivity index (χ0n) is 17.9. The number of aliphatic hydroxyl groups is 1. The summed E-state index contributed by atoms with van der Waals surface area (Å²) in [5.41, 5.74) is 2.66. The third-order valence-corrected chi connectivity index (χ3v) is 5.53. The van der Waals surface area contributed by atoms with Crippen molar-refractivity contribution in [2.45, 2.75) is 19.9 Å². The van der Waals surface area contributed by atoms with Gasteiger partial charge in [0.1, 0.15) is 17.3 Å². The van der Waals surface area contributed by atoms with Gasteiger partial charge in [0.25, 0.3) is 11.7 Å². The van der Waals surface area contributed by atoms with Crippen LogP contribution in [0.4, 0.5) is 5.69 Å². The highest BCUT2D eigenvalue weighted by Crippen LogP contribution is 2.45. The fourth-order valence-corrected chi connectivity index (χ4v) is 3.95. The van der Waals surface area contributed by atoms with E-state index in [1.807, 2.05) is 13.8 Å². The molecule has 2 N–H and O–H groups in total. The summed E-state index contributed by atoms with van der Waals surface area (Å²) >= 11 is 0. The van der Waals surface area contributed by atoms with Crippen LogP contribution in [0.1, 0.15) is 28.3 Å². The molecule has 162 valence electrons. The van der Waals surface area contributed by atoms with Crippen molar-refractivity contribution in [1.29, 1.82) is 0 Å². The molecule has 2 aromatic carbocycles. The second-order valence-electron chi connectivity index (χ2n) is 7.63. The Morgan fingerprint density at radius 3 is 2.41 bits per heavy atom. The number of amides is 1. The van der Waals surface area contributed by atoms with Crippen LogP contribution in [0.25, 0.3) is 5.76 Å². The van der Waals surface area contributed by atoms with E-state index in [1.54, 1.807) is 62.0 Å². The number of Topliss-reactive ketones (excluding diaryl/α,β-unsaturated/α-hetero) is 1. The molecular weight excluding hydrogens is 408 g/mol. The number of pyridine rings is 1. The number of rotatable bonds is 4. The zero-order valence-corrected chi connectivity index (χ0v) is 17.9. The van der Waals surface area contributed by atoms with Crippen molar-refractivity contribution >= 4 is 23.1 Å². The first kappa shape index (κ1) is 21.1. The van der Waals surface area contributed by atoms with E-state index in [1.165, 1.54) is 11.0 Å². The van der Waals surface area contributed by atoms with Crippen molar-refractivity contribution in [2.75, 3.05) is 12.0 Å². The largest absolute Gasteiger partial charge is 0.507 e. The number of aliphatic hydroxyl groups excluding tert-OH is 1. The van der Waals surface area contributed by atoms with Gasteiger partial charge in [-0.2, -0.15) is 0 Å². The molecule has 0 saturated carbocycles. The van der Waals surface area contributed by atoms with Crippen molar-refractivity contribution in [1.82, 2.24) is 4.98 Å². The van der Waals surface area contributed by atoms with Crippen LogP contribution in [0, 0.1) is 13.8 Å². The molecule has 1 aliphatic heterocycles. The van der Waals surface area contributed by atoms with Gasteiger partial charge < -0.3 is 14.9 Å². The van der Waals surface area contributed by atoms with Crippen LogP contribution in [0.15, 0.2) is 66.5 Å². The van der Waals surface area contributed by atoms with Gasteiger partial charge in [0, 0.05) is 18.0 Å². The molecule has 32 heavy (non-hydrogen) atoms. The lowest BCUT2D eigenvalue weighted by Gasteiger charge is -2.26. The lowest BCUT2D eigenvalue weighted by molar-refractivity contribution is -0.132. The molecule has 0 spiro atoms. The Labute approximate surface area is 185 Å². The van der Waals surface area contributed by atoms with E-state index < -0.39 is 17.7 Å². The van der Waals surface area contributed by atoms with Gasteiger partial charge in [0.2, 0.25) is 0 Å². The number of methoxy groups -OCH3 is 1. The fraction of sp³-hybridized carbons (Fsp3) is 0.160. The highest BCUT2D eigenvalue weighted by Gasteiger charge is 2.47. The van der Waals surface area contributed by atoms with Gasteiger partial charge in [-0.1, -0.05) is 6.07 Å². The van der Waals surface area contributed by atoms with Crippen LogP contribution >= 0.6 is 0 Å². The number of nitrogens with zero attached hydrogens (tertiary/aromatic N) is 2. The quantitative estimate of drug-likeness (QED) is 0.368. The average Bonchev–Trinajstić information content (AvgIpc) is 3.06. The summed E-state index contributed by atoms with van der Waals surface area (Å²) in [5, 5.41) is 21.7. The number of anilines is 1. The molecule has 0 radical (unpaired) electrons. The van der Waals surface area contributed by atoms with Crippen molar-refractivity contribution in [3.8, 4) is 11.5 Å². The number of aryl methyl sites for hydroxylation is 2. The number of ether oxygens (including phenoxy) is 1. The normalized spacial score (nSPS) is 17.6. The molecule has 4 rings (SSSR count). The molecule has 1 fully saturated rings. The number of carbonyl (C=O) groups excluding carboxylic acids is 2. The maximum Gasteiger partial charge on any atom is 0.300 e. The molecule has 1 aromatic heterocycles. The fourth-order valence-electron chi connectivity index (χ4n) is 3.95. The molecule has 1 atom stereocenters. The summed E-state index contributed by atoms with van der Waals surface area (Å²) in [6, 6.07) is 12.2. The van der Waals surface area contributed by atoms with Crippen molar-refractivity contribution in [3.63, 3.8) is 0 Å². The number of phenols is 1. The lowest BCUT2D eigenvalue weighted by Crippen LogP contribution is -2.29. The van der Waals surface area contributed by atoms with Gasteiger partial charge in [-0.3, -0.25) is 19.5 Å². The second-order valence-corrected chi connectivity index (χ2v) is 7.63. The Kier molecular flexibility index (Phi) is 5.40. The highest BCUT2D eigenvalue weighted by atomic mass is 16.5. The molecule has 1 amide bonds. The van der Waals surface area contributed by atoms with Gasteiger partial charge in [-0.25, -0.2) is 0 Å². The summed E-state index contributed by atoms with van der Waals surface area (Å²) in [7, 11) is 1.55. The van der Waals surface area contributed by atoms with E-state index in [0.29, 0.717) is 16.9 Å². The molecular formula is C25H22N2O5. The van der Waals surface area contributed by atoms with Crippen molar-refractivity contribution < 1.29 is 24.5 Å². The molecule has 7 heteroatoms. The SMILES string of the molecule is COc1ccc(/C(O)=C2/C(=O)C(=O)N(c3cc(C)ccc3O)C2c2ccncc2)cc1C. The summed E-state index contributed by atoms with van der Waals surface area (Å²) < 4.78 is 5.27. The minimum atomic E-state index is -0.937. The highest BCUT2D eigenvalue weighted by molar-refractivity contribution is 6.51. The standard InChI is InChI=1S/C25H22N2O5/c1-14-4-6-19(28)18(12-14)27-22(16-8-10-26-11-9-16)21(24(30)25(27)31)23(29)17-5-7-20(32-3)15(2)13-17/h4-13,22,28-29H,1-3H3/b23-21-. The maximum atomic E-state index is 13.2. The number of ketones is 1. The molecule has 1 saturated heterocycles. The third-order valence-electron chi connectivity index (χ3n) is 5.53. The molecule has 1 aliphatic rings. The molecule has 0 aliphatic carbocycles. The molecule has 3 aromatic rings. The Bertz CT molecular complexity index is 1250. The first-order valence-electron chi connectivity index (χ1n) is 9.99. The van der Waals surface area contributed by atoms with Gasteiger partial charge in [-0.05, 0) is 73.0 Å². The first-order valence-corrected chi connectivity index (χ1v) is 9.99. The number of phenolic OH excluding ortho intramolecular Hbond substituents is 1. The lowest BCUT2D eigenvalue weighted by atomic mass is 9.95. The van der Waals surface area contributed by atoms with E-state index >= 15 is 0 Å². The monoisotopic (exact) mass is 430 g/mol. The third kappa shape index (κ3) is 3.47. The Balaban J connectivity index is 1.96. The number of carbonyl (C=O) groups is 2. The van der Waals surface area contributed by atoms with Crippen LogP contribution in [0.3, 0.4) is 0 Å². The van der Waals surface area contributed by atoms with Gasteiger partial charge in [-0.15, -0.1) is 0 Å². The van der Waals surface area contributed by atoms with Crippen molar-refractivity contribution in [2.24, 2.45) is 0 Å². The predicted octanol–water partition coefficient (Wildman–Crippen LogP) is 4.04. The topological polar surface area (TPSA) is 100.0 Å². The summed E-state index contributed by atoms with van der Waals surface area (Å²) in [4.78, 5) is 31.5. The summed E-state index contributed by atoms with van der Waals surface area (Å²) in [6.07, 6.45) is 3.09. The predicted molar refractivity (Wildman–Crippen MR) is 120 cm³/mol. The summed E-state index contributed by atoms with van der Waals surface area (Å²) in [6.45, 7) is 3.64. The number of aromatic hydroxyl groups is 1. The Morgan fingerprint density at radius 1 is 1.03 bits per heavy atom. The van der Waals surface area contributed by atoms with Crippen LogP contribution in [-0.4, -0.2) is 34.0 Å². The molecule has 0 bridgehead atoms. The van der Waals surface area contributed by atoms with E-state index in [2.05, 4.69) is 4.98 Å². The Morgan fingerprint density at radius 2 is 1.75 bits per heavy atom. The minimum absolute atomic E-state index is 0.0633. The summed E-state index contributed by atoms with van der Waals surface area (Å²) in [5.74, 6) is -1.47. The number of benzene rings is 2. The maximum absolute atomic E-state index is 13.2. The van der Waals surface area contributed by atoms with Gasteiger partial charge >= 0.3 is 0 Å². The van der Waals surface area contributed by atoms with Crippen LogP contribution < -0.4 is 9.64 Å². The zero-order chi connectivity index (χ0) is 23.0. The Hall–Kier alpha value is -4.13. The minimum Gasteiger partial charge on any atom is -0.507 e. The van der Waals surface area contributed by atoms with Crippen LogP contribution in [0.5, 0.6) is 11.5 Å².